The summed E-state index contributed by atoms with van der Waals surface area (Å²) in [7, 11) is 1.61. The van der Waals surface area contributed by atoms with Gasteiger partial charge in [0, 0.05) is 23.9 Å². The third kappa shape index (κ3) is 7.60. The molecule has 1 N–H and O–H groups in total. The van der Waals surface area contributed by atoms with Gasteiger partial charge in [0.05, 0.1) is 7.11 Å². The van der Waals surface area contributed by atoms with Crippen LogP contribution in [0.2, 0.25) is 0 Å². The lowest BCUT2D eigenvalue weighted by Gasteiger charge is -2.33. The maximum absolute atomic E-state index is 13.9. The van der Waals surface area contributed by atoms with E-state index in [1.807, 2.05) is 118 Å². The molecule has 0 saturated carbocycles. The minimum Gasteiger partial charge on any atom is -0.497 e. The first kappa shape index (κ1) is 27.7. The fourth-order valence-electron chi connectivity index (χ4n) is 4.52. The Morgan fingerprint density at radius 1 is 0.846 bits per heavy atom. The lowest BCUT2D eigenvalue weighted by molar-refractivity contribution is -0.143. The number of rotatable bonds is 10. The molecule has 0 aliphatic carbocycles. The smallest absolute Gasteiger partial charge is 0.261 e. The van der Waals surface area contributed by atoms with Crippen molar-refractivity contribution in [2.24, 2.45) is 0 Å². The number of methoxy groups -OCH3 is 1. The minimum absolute atomic E-state index is 0.202. The molecular weight excluding hydrogens is 488 g/mol. The lowest BCUT2D eigenvalue weighted by Crippen LogP contribution is -2.55. The summed E-state index contributed by atoms with van der Waals surface area (Å²) in [6.07, 6.45) is 0.368. The van der Waals surface area contributed by atoms with Crippen LogP contribution < -0.4 is 14.8 Å². The summed E-state index contributed by atoms with van der Waals surface area (Å²) in [6, 6.07) is 30.2. The van der Waals surface area contributed by atoms with Crippen molar-refractivity contribution in [1.29, 1.82) is 0 Å². The maximum Gasteiger partial charge on any atom is 0.261 e. The number of nitrogens with one attached hydrogen (secondary N) is 1. The third-order valence-corrected chi connectivity index (χ3v) is 6.36. The first-order valence-electron chi connectivity index (χ1n) is 13.1. The highest BCUT2D eigenvalue weighted by Gasteiger charge is 2.32. The van der Waals surface area contributed by atoms with Crippen LogP contribution in [0.3, 0.4) is 0 Å². The molecular formula is C33H36N2O4. The molecule has 4 aromatic carbocycles. The van der Waals surface area contributed by atoms with Gasteiger partial charge >= 0.3 is 0 Å². The fourth-order valence-corrected chi connectivity index (χ4v) is 4.52. The van der Waals surface area contributed by atoms with Crippen molar-refractivity contribution in [2.75, 3.05) is 13.7 Å². The Morgan fingerprint density at radius 2 is 1.51 bits per heavy atom. The molecule has 0 aliphatic rings. The summed E-state index contributed by atoms with van der Waals surface area (Å²) in [5.74, 6) is 0.815. The number of carbonyl (C=O) groups excluding carboxylic acids is 2. The van der Waals surface area contributed by atoms with Crippen LogP contribution in [0.1, 0.15) is 31.9 Å². The molecule has 6 heteroatoms. The molecule has 39 heavy (non-hydrogen) atoms. The van der Waals surface area contributed by atoms with Crippen molar-refractivity contribution in [1.82, 2.24) is 10.2 Å². The van der Waals surface area contributed by atoms with Gasteiger partial charge in [-0.3, -0.25) is 9.59 Å². The Morgan fingerprint density at radius 3 is 2.26 bits per heavy atom. The molecule has 4 rings (SSSR count). The molecule has 1 atom stereocenters. The summed E-state index contributed by atoms with van der Waals surface area (Å²) in [4.78, 5) is 29.2. The Bertz CT molecular complexity index is 1410. The molecule has 2 amide bonds. The summed E-state index contributed by atoms with van der Waals surface area (Å²) in [5, 5.41) is 5.04. The zero-order chi connectivity index (χ0) is 27.8. The molecule has 4 aromatic rings. The SMILES string of the molecule is COc1cccc(CN(C(=O)COc2cccc3ccccc23)C(Cc2ccccc2)C(=O)NC(C)(C)C)c1. The number of carbonyl (C=O) groups is 2. The predicted molar refractivity (Wildman–Crippen MR) is 155 cm³/mol. The van der Waals surface area contributed by atoms with Gasteiger partial charge in [0.1, 0.15) is 17.5 Å². The first-order valence-corrected chi connectivity index (χ1v) is 13.1. The van der Waals surface area contributed by atoms with E-state index >= 15 is 0 Å². The molecule has 0 radical (unpaired) electrons. The van der Waals surface area contributed by atoms with Crippen molar-refractivity contribution in [3.8, 4) is 11.5 Å². The van der Waals surface area contributed by atoms with Crippen molar-refractivity contribution in [3.05, 3.63) is 108 Å². The van der Waals surface area contributed by atoms with Crippen LogP contribution in [0.5, 0.6) is 11.5 Å². The van der Waals surface area contributed by atoms with Gasteiger partial charge < -0.3 is 19.7 Å². The van der Waals surface area contributed by atoms with Crippen LogP contribution in [0, 0.1) is 0 Å². The lowest BCUT2D eigenvalue weighted by atomic mass is 10.0. The van der Waals surface area contributed by atoms with Crippen LogP contribution in [0.4, 0.5) is 0 Å². The molecule has 6 nitrogen and oxygen atoms in total. The predicted octanol–water partition coefficient (Wildman–Crippen LogP) is 5.78. The van der Waals surface area contributed by atoms with Gasteiger partial charge in [0.25, 0.3) is 5.91 Å². The molecule has 0 aliphatic heterocycles. The molecule has 0 bridgehead atoms. The average molecular weight is 525 g/mol. The number of amides is 2. The van der Waals surface area contributed by atoms with Crippen LogP contribution in [0.25, 0.3) is 10.8 Å². The van der Waals surface area contributed by atoms with Crippen LogP contribution >= 0.6 is 0 Å². The standard InChI is InChI=1S/C33H36N2O4/c1-33(2,3)34-32(37)29(21-24-12-6-5-7-13-24)35(22-25-14-10-17-27(20-25)38-4)31(36)23-39-30-19-11-16-26-15-8-9-18-28(26)30/h5-20,29H,21-23H2,1-4H3,(H,34,37). The Balaban J connectivity index is 1.67. The second-order valence-corrected chi connectivity index (χ2v) is 10.6. The van der Waals surface area contributed by atoms with Gasteiger partial charge in [-0.25, -0.2) is 0 Å². The zero-order valence-electron chi connectivity index (χ0n) is 23.0. The van der Waals surface area contributed by atoms with E-state index in [4.69, 9.17) is 9.47 Å². The molecule has 0 fully saturated rings. The van der Waals surface area contributed by atoms with E-state index in [1.165, 1.54) is 0 Å². The van der Waals surface area contributed by atoms with E-state index in [-0.39, 0.29) is 25.0 Å². The highest BCUT2D eigenvalue weighted by Crippen LogP contribution is 2.26. The van der Waals surface area contributed by atoms with Gasteiger partial charge in [-0.1, -0.05) is 78.9 Å². The van der Waals surface area contributed by atoms with E-state index in [1.54, 1.807) is 12.0 Å². The highest BCUT2D eigenvalue weighted by atomic mass is 16.5. The number of fused-ring (bicyclic) bond motifs is 1. The minimum atomic E-state index is -0.749. The van der Waals surface area contributed by atoms with E-state index < -0.39 is 11.6 Å². The first-order chi connectivity index (χ1) is 18.7. The number of benzene rings is 4. The summed E-state index contributed by atoms with van der Waals surface area (Å²) in [6.45, 7) is 5.82. The van der Waals surface area contributed by atoms with E-state index in [2.05, 4.69) is 5.32 Å². The van der Waals surface area contributed by atoms with Crippen molar-refractivity contribution < 1.29 is 19.1 Å². The number of hydrogen-bond acceptors (Lipinski definition) is 4. The summed E-state index contributed by atoms with van der Waals surface area (Å²) < 4.78 is 11.5. The number of ether oxygens (including phenoxy) is 2. The second kappa shape index (κ2) is 12.5. The van der Waals surface area contributed by atoms with E-state index in [9.17, 15) is 9.59 Å². The molecule has 0 saturated heterocycles. The topological polar surface area (TPSA) is 67.9 Å². The van der Waals surface area contributed by atoms with Crippen molar-refractivity contribution in [2.45, 2.75) is 45.3 Å². The van der Waals surface area contributed by atoms with E-state index in [0.29, 0.717) is 17.9 Å². The monoisotopic (exact) mass is 524 g/mol. The Hall–Kier alpha value is -4.32. The molecule has 202 valence electrons. The molecule has 0 heterocycles. The van der Waals surface area contributed by atoms with Crippen LogP contribution in [-0.2, 0) is 22.6 Å². The largest absolute Gasteiger partial charge is 0.497 e. The number of nitrogens with zero attached hydrogens (tertiary/aromatic N) is 1. The quantitative estimate of drug-likeness (QED) is 0.286. The number of hydrogen-bond donors (Lipinski definition) is 1. The van der Waals surface area contributed by atoms with Crippen LogP contribution in [0.15, 0.2) is 97.1 Å². The molecule has 1 unspecified atom stereocenters. The average Bonchev–Trinajstić information content (AvgIpc) is 2.93. The van der Waals surface area contributed by atoms with Crippen molar-refractivity contribution in [3.63, 3.8) is 0 Å². The van der Waals surface area contributed by atoms with Gasteiger partial charge in [-0.2, -0.15) is 0 Å². The van der Waals surface area contributed by atoms with Gasteiger partial charge in [0.15, 0.2) is 6.61 Å². The van der Waals surface area contributed by atoms with Gasteiger partial charge in [-0.15, -0.1) is 0 Å². The summed E-state index contributed by atoms with van der Waals surface area (Å²) in [5.41, 5.74) is 1.36. The highest BCUT2D eigenvalue weighted by molar-refractivity contribution is 5.90. The van der Waals surface area contributed by atoms with Gasteiger partial charge in [0.2, 0.25) is 5.91 Å². The maximum atomic E-state index is 13.9. The normalized spacial score (nSPS) is 12.0. The van der Waals surface area contributed by atoms with Crippen molar-refractivity contribution >= 4 is 22.6 Å². The summed E-state index contributed by atoms with van der Waals surface area (Å²) >= 11 is 0. The molecule has 0 aromatic heterocycles. The fraction of sp³-hybridized carbons (Fsp3) is 0.273. The van der Waals surface area contributed by atoms with Crippen LogP contribution in [-0.4, -0.2) is 42.0 Å². The second-order valence-electron chi connectivity index (χ2n) is 10.6. The molecule has 0 spiro atoms. The Kier molecular flexibility index (Phi) is 8.87. The third-order valence-electron chi connectivity index (χ3n) is 6.36. The van der Waals surface area contributed by atoms with E-state index in [0.717, 1.165) is 21.9 Å². The van der Waals surface area contributed by atoms with Gasteiger partial charge in [-0.05, 0) is 55.5 Å². The Labute approximate surface area is 230 Å². The zero-order valence-corrected chi connectivity index (χ0v) is 23.0.